The van der Waals surface area contributed by atoms with E-state index in [-0.39, 0.29) is 5.41 Å². The standard InChI is InChI=1S/C12H20N4O/c13-8-12(1-6-17-10-12)9-15-4-5-16-3-2-14-11(16)7-15/h2-3H,1,4-10,13H2. The maximum atomic E-state index is 5.93. The summed E-state index contributed by atoms with van der Waals surface area (Å²) in [5.74, 6) is 1.17. The van der Waals surface area contributed by atoms with Crippen LogP contribution in [0.1, 0.15) is 12.2 Å². The van der Waals surface area contributed by atoms with Crippen molar-refractivity contribution in [2.24, 2.45) is 11.1 Å². The van der Waals surface area contributed by atoms with E-state index >= 15 is 0 Å². The summed E-state index contributed by atoms with van der Waals surface area (Å²) >= 11 is 0. The Labute approximate surface area is 102 Å². The Morgan fingerprint density at radius 2 is 2.41 bits per heavy atom. The molecule has 1 aromatic heterocycles. The lowest BCUT2D eigenvalue weighted by molar-refractivity contribution is 0.0993. The van der Waals surface area contributed by atoms with Crippen molar-refractivity contribution in [3.05, 3.63) is 18.2 Å². The van der Waals surface area contributed by atoms with Crippen molar-refractivity contribution in [3.63, 3.8) is 0 Å². The summed E-state index contributed by atoms with van der Waals surface area (Å²) in [6, 6.07) is 0. The molecular formula is C12H20N4O. The number of hydrogen-bond donors (Lipinski definition) is 1. The average molecular weight is 236 g/mol. The molecule has 17 heavy (non-hydrogen) atoms. The fourth-order valence-electron chi connectivity index (χ4n) is 2.83. The first-order valence-corrected chi connectivity index (χ1v) is 6.32. The average Bonchev–Trinajstić information content (AvgIpc) is 2.97. The highest BCUT2D eigenvalue weighted by Crippen LogP contribution is 2.29. The van der Waals surface area contributed by atoms with Crippen LogP contribution in [-0.4, -0.2) is 47.3 Å². The molecule has 0 aromatic carbocycles. The van der Waals surface area contributed by atoms with Gasteiger partial charge >= 0.3 is 0 Å². The number of imidazole rings is 1. The highest BCUT2D eigenvalue weighted by atomic mass is 16.5. The van der Waals surface area contributed by atoms with Gasteiger partial charge in [-0.15, -0.1) is 0 Å². The SMILES string of the molecule is NCC1(CN2CCn3ccnc3C2)CCOC1. The Kier molecular flexibility index (Phi) is 2.90. The molecule has 0 amide bonds. The van der Waals surface area contributed by atoms with Gasteiger partial charge in [-0.2, -0.15) is 0 Å². The predicted molar refractivity (Wildman–Crippen MR) is 64.4 cm³/mol. The fraction of sp³-hybridized carbons (Fsp3) is 0.750. The minimum atomic E-state index is 0.175. The zero-order chi connectivity index (χ0) is 11.7. The molecule has 0 saturated carbocycles. The molecule has 1 unspecified atom stereocenters. The molecule has 2 N–H and O–H groups in total. The number of aromatic nitrogens is 2. The van der Waals surface area contributed by atoms with Gasteiger partial charge in [-0.25, -0.2) is 4.98 Å². The number of nitrogens with two attached hydrogens (primary N) is 1. The minimum absolute atomic E-state index is 0.175. The summed E-state index contributed by atoms with van der Waals surface area (Å²) in [6.45, 7) is 6.50. The monoisotopic (exact) mass is 236 g/mol. The van der Waals surface area contributed by atoms with Crippen LogP contribution in [0.3, 0.4) is 0 Å². The fourth-order valence-corrected chi connectivity index (χ4v) is 2.83. The topological polar surface area (TPSA) is 56.3 Å². The van der Waals surface area contributed by atoms with Gasteiger partial charge in [0.2, 0.25) is 0 Å². The lowest BCUT2D eigenvalue weighted by Crippen LogP contribution is -2.45. The Morgan fingerprint density at radius 1 is 1.47 bits per heavy atom. The summed E-state index contributed by atoms with van der Waals surface area (Å²) in [7, 11) is 0. The molecule has 3 heterocycles. The van der Waals surface area contributed by atoms with Crippen LogP contribution >= 0.6 is 0 Å². The molecule has 2 aliphatic heterocycles. The molecule has 1 saturated heterocycles. The Hall–Kier alpha value is -0.910. The van der Waals surface area contributed by atoms with Gasteiger partial charge in [0, 0.05) is 50.6 Å². The maximum absolute atomic E-state index is 5.93. The van der Waals surface area contributed by atoms with Gasteiger partial charge in [-0.3, -0.25) is 4.90 Å². The summed E-state index contributed by atoms with van der Waals surface area (Å²) in [5.41, 5.74) is 6.11. The van der Waals surface area contributed by atoms with E-state index in [2.05, 4.69) is 20.6 Å². The van der Waals surface area contributed by atoms with Gasteiger partial charge in [-0.1, -0.05) is 0 Å². The van der Waals surface area contributed by atoms with Crippen molar-refractivity contribution in [1.82, 2.24) is 14.5 Å². The quantitative estimate of drug-likeness (QED) is 0.806. The summed E-state index contributed by atoms with van der Waals surface area (Å²) < 4.78 is 7.75. The van der Waals surface area contributed by atoms with Crippen LogP contribution in [0.2, 0.25) is 0 Å². The van der Waals surface area contributed by atoms with Crippen LogP contribution in [0, 0.1) is 5.41 Å². The van der Waals surface area contributed by atoms with E-state index in [0.717, 1.165) is 52.4 Å². The van der Waals surface area contributed by atoms with Gasteiger partial charge in [0.05, 0.1) is 13.2 Å². The molecule has 0 aliphatic carbocycles. The molecule has 3 rings (SSSR count). The third kappa shape index (κ3) is 2.10. The van der Waals surface area contributed by atoms with Gasteiger partial charge in [0.25, 0.3) is 0 Å². The smallest absolute Gasteiger partial charge is 0.122 e. The van der Waals surface area contributed by atoms with Crippen LogP contribution in [0.5, 0.6) is 0 Å². The van der Waals surface area contributed by atoms with Crippen LogP contribution in [-0.2, 0) is 17.8 Å². The molecule has 0 radical (unpaired) electrons. The third-order valence-corrected chi connectivity index (χ3v) is 4.00. The van der Waals surface area contributed by atoms with E-state index in [0.29, 0.717) is 0 Å². The van der Waals surface area contributed by atoms with Crippen molar-refractivity contribution in [2.75, 3.05) is 32.8 Å². The molecule has 5 heteroatoms. The molecule has 94 valence electrons. The van der Waals surface area contributed by atoms with Crippen molar-refractivity contribution in [2.45, 2.75) is 19.5 Å². The molecular weight excluding hydrogens is 216 g/mol. The van der Waals surface area contributed by atoms with E-state index in [1.807, 2.05) is 6.20 Å². The molecule has 1 aromatic rings. The Balaban J connectivity index is 1.67. The van der Waals surface area contributed by atoms with Crippen LogP contribution in [0.4, 0.5) is 0 Å². The molecule has 2 aliphatic rings. The summed E-state index contributed by atoms with van der Waals surface area (Å²) in [4.78, 5) is 6.85. The second-order valence-electron chi connectivity index (χ2n) is 5.25. The second-order valence-corrected chi connectivity index (χ2v) is 5.25. The molecule has 0 bridgehead atoms. The summed E-state index contributed by atoms with van der Waals surface area (Å²) in [5, 5.41) is 0. The van der Waals surface area contributed by atoms with Gasteiger partial charge in [0.1, 0.15) is 5.82 Å². The minimum Gasteiger partial charge on any atom is -0.381 e. The third-order valence-electron chi connectivity index (χ3n) is 4.00. The number of rotatable bonds is 3. The first kappa shape index (κ1) is 11.2. The van der Waals surface area contributed by atoms with Crippen LogP contribution < -0.4 is 5.73 Å². The van der Waals surface area contributed by atoms with Crippen LogP contribution in [0.25, 0.3) is 0 Å². The zero-order valence-electron chi connectivity index (χ0n) is 10.1. The van der Waals surface area contributed by atoms with E-state index in [4.69, 9.17) is 10.5 Å². The number of fused-ring (bicyclic) bond motifs is 1. The van der Waals surface area contributed by atoms with E-state index in [9.17, 15) is 0 Å². The highest BCUT2D eigenvalue weighted by molar-refractivity contribution is 4.97. The van der Waals surface area contributed by atoms with Gasteiger partial charge in [-0.05, 0) is 6.42 Å². The lowest BCUT2D eigenvalue weighted by atomic mass is 9.86. The molecule has 0 spiro atoms. The van der Waals surface area contributed by atoms with E-state index in [1.165, 1.54) is 5.82 Å². The second kappa shape index (κ2) is 4.40. The zero-order valence-corrected chi connectivity index (χ0v) is 10.1. The van der Waals surface area contributed by atoms with E-state index < -0.39 is 0 Å². The Morgan fingerprint density at radius 3 is 3.18 bits per heavy atom. The Bertz CT molecular complexity index is 384. The first-order valence-electron chi connectivity index (χ1n) is 6.32. The number of nitrogens with zero attached hydrogens (tertiary/aromatic N) is 3. The van der Waals surface area contributed by atoms with Crippen molar-refractivity contribution >= 4 is 0 Å². The molecule has 1 fully saturated rings. The highest BCUT2D eigenvalue weighted by Gasteiger charge is 2.36. The lowest BCUT2D eigenvalue weighted by Gasteiger charge is -2.35. The maximum Gasteiger partial charge on any atom is 0.122 e. The van der Waals surface area contributed by atoms with Gasteiger partial charge < -0.3 is 15.0 Å². The molecule has 1 atom stereocenters. The number of hydrogen-bond acceptors (Lipinski definition) is 4. The van der Waals surface area contributed by atoms with Crippen molar-refractivity contribution < 1.29 is 4.74 Å². The largest absolute Gasteiger partial charge is 0.381 e. The van der Waals surface area contributed by atoms with Crippen molar-refractivity contribution in [1.29, 1.82) is 0 Å². The number of ether oxygens (including phenoxy) is 1. The first-order chi connectivity index (χ1) is 8.31. The van der Waals surface area contributed by atoms with E-state index in [1.54, 1.807) is 0 Å². The van der Waals surface area contributed by atoms with Gasteiger partial charge in [0.15, 0.2) is 0 Å². The normalized spacial score (nSPS) is 29.5. The predicted octanol–water partition coefficient (Wildman–Crippen LogP) is 0.0641. The van der Waals surface area contributed by atoms with Crippen LogP contribution in [0.15, 0.2) is 12.4 Å². The summed E-state index contributed by atoms with van der Waals surface area (Å²) in [6.07, 6.45) is 5.04. The molecule has 5 nitrogen and oxygen atoms in total. The van der Waals surface area contributed by atoms with Crippen molar-refractivity contribution in [3.8, 4) is 0 Å².